The number of amides is 1. The van der Waals surface area contributed by atoms with Gasteiger partial charge in [-0.05, 0) is 18.9 Å². The summed E-state index contributed by atoms with van der Waals surface area (Å²) in [5.74, 6) is 0.391. The highest BCUT2D eigenvalue weighted by molar-refractivity contribution is 6.19. The van der Waals surface area contributed by atoms with Crippen LogP contribution in [0.1, 0.15) is 36.0 Å². The fraction of sp³-hybridized carbons (Fsp3) is 0.545. The predicted molar refractivity (Wildman–Crippen MR) is 58.1 cm³/mol. The molecule has 0 spiro atoms. The van der Waals surface area contributed by atoms with Gasteiger partial charge < -0.3 is 9.73 Å². The van der Waals surface area contributed by atoms with Gasteiger partial charge in [0.25, 0.3) is 5.91 Å². The van der Waals surface area contributed by atoms with Gasteiger partial charge in [0.15, 0.2) is 0 Å². The molecule has 4 heteroatoms. The summed E-state index contributed by atoms with van der Waals surface area (Å²) in [5.41, 5.74) is 0.363. The maximum absolute atomic E-state index is 11.8. The van der Waals surface area contributed by atoms with E-state index in [-0.39, 0.29) is 11.4 Å². The van der Waals surface area contributed by atoms with E-state index in [4.69, 9.17) is 16.0 Å². The summed E-state index contributed by atoms with van der Waals surface area (Å²) in [5, 5.41) is 3.01. The summed E-state index contributed by atoms with van der Waals surface area (Å²) < 4.78 is 4.87. The van der Waals surface area contributed by atoms with Crippen molar-refractivity contribution in [3.8, 4) is 0 Å². The van der Waals surface area contributed by atoms with Crippen molar-refractivity contribution in [1.29, 1.82) is 0 Å². The van der Waals surface area contributed by atoms with Crippen LogP contribution in [0.2, 0.25) is 0 Å². The Bertz CT molecular complexity index is 328. The smallest absolute Gasteiger partial charge is 0.255 e. The number of carbonyl (C=O) groups excluding carboxylic acids is 1. The predicted octanol–water partition coefficient (Wildman–Crippen LogP) is 2.56. The normalized spacial score (nSPS) is 19.0. The van der Waals surface area contributed by atoms with Crippen LogP contribution in [0.4, 0.5) is 0 Å². The van der Waals surface area contributed by atoms with Gasteiger partial charge >= 0.3 is 0 Å². The maximum atomic E-state index is 11.8. The van der Waals surface area contributed by atoms with E-state index in [0.717, 1.165) is 25.7 Å². The van der Waals surface area contributed by atoms with Gasteiger partial charge in [0.05, 0.1) is 17.4 Å². The van der Waals surface area contributed by atoms with E-state index < -0.39 is 0 Å². The fourth-order valence-electron chi connectivity index (χ4n) is 2.05. The first-order valence-electron chi connectivity index (χ1n) is 5.16. The van der Waals surface area contributed by atoms with Gasteiger partial charge in [-0.1, -0.05) is 12.8 Å². The fourth-order valence-corrected chi connectivity index (χ4v) is 2.38. The molecule has 1 aliphatic carbocycles. The van der Waals surface area contributed by atoms with Gasteiger partial charge in [-0.25, -0.2) is 0 Å². The first kappa shape index (κ1) is 10.6. The summed E-state index contributed by atoms with van der Waals surface area (Å²) in [7, 11) is 0. The summed E-state index contributed by atoms with van der Waals surface area (Å²) in [4.78, 5) is 11.8. The minimum Gasteiger partial charge on any atom is -0.472 e. The molecule has 0 saturated heterocycles. The van der Waals surface area contributed by atoms with Crippen molar-refractivity contribution < 1.29 is 9.21 Å². The van der Waals surface area contributed by atoms with Crippen molar-refractivity contribution in [2.24, 2.45) is 0 Å². The monoisotopic (exact) mass is 227 g/mol. The SMILES string of the molecule is O=C(NC1(CCl)CCCC1)c1ccoc1. The largest absolute Gasteiger partial charge is 0.472 e. The van der Waals surface area contributed by atoms with Crippen LogP contribution in [0, 0.1) is 0 Å². The molecule has 15 heavy (non-hydrogen) atoms. The van der Waals surface area contributed by atoms with Gasteiger partial charge in [-0.3, -0.25) is 4.79 Å². The molecule has 1 N–H and O–H groups in total. The molecular formula is C11H14ClNO2. The zero-order valence-corrected chi connectivity index (χ0v) is 9.22. The second-order valence-electron chi connectivity index (χ2n) is 4.09. The highest BCUT2D eigenvalue weighted by Gasteiger charge is 2.34. The highest BCUT2D eigenvalue weighted by Crippen LogP contribution is 2.30. The molecule has 3 nitrogen and oxygen atoms in total. The Morgan fingerprint density at radius 2 is 2.27 bits per heavy atom. The van der Waals surface area contributed by atoms with Crippen molar-refractivity contribution in [3.05, 3.63) is 24.2 Å². The third-order valence-electron chi connectivity index (χ3n) is 2.98. The number of furan rings is 1. The van der Waals surface area contributed by atoms with Crippen LogP contribution in [0.15, 0.2) is 23.0 Å². The number of halogens is 1. The van der Waals surface area contributed by atoms with E-state index in [2.05, 4.69) is 5.32 Å². The zero-order valence-electron chi connectivity index (χ0n) is 8.46. The Morgan fingerprint density at radius 1 is 1.53 bits per heavy atom. The van der Waals surface area contributed by atoms with Crippen molar-refractivity contribution in [1.82, 2.24) is 5.32 Å². The summed E-state index contributed by atoms with van der Waals surface area (Å²) in [6, 6.07) is 1.66. The van der Waals surface area contributed by atoms with E-state index in [0.29, 0.717) is 11.4 Å². The summed E-state index contributed by atoms with van der Waals surface area (Å²) in [6.45, 7) is 0. The van der Waals surface area contributed by atoms with Crippen LogP contribution >= 0.6 is 11.6 Å². The number of nitrogens with one attached hydrogen (secondary N) is 1. The van der Waals surface area contributed by atoms with Crippen LogP contribution in [-0.4, -0.2) is 17.3 Å². The average molecular weight is 228 g/mol. The summed E-state index contributed by atoms with van der Waals surface area (Å²) >= 11 is 5.93. The molecule has 82 valence electrons. The third kappa shape index (κ3) is 2.17. The van der Waals surface area contributed by atoms with Crippen LogP contribution < -0.4 is 5.32 Å². The molecule has 1 amide bonds. The Balaban J connectivity index is 2.04. The number of rotatable bonds is 3. The van der Waals surface area contributed by atoms with Gasteiger partial charge in [0.2, 0.25) is 0 Å². The molecular weight excluding hydrogens is 214 g/mol. The molecule has 1 saturated carbocycles. The van der Waals surface area contributed by atoms with Crippen LogP contribution in [0.25, 0.3) is 0 Å². The second-order valence-corrected chi connectivity index (χ2v) is 4.35. The van der Waals surface area contributed by atoms with E-state index in [1.807, 2.05) is 0 Å². The molecule has 1 aromatic rings. The van der Waals surface area contributed by atoms with Gasteiger partial charge in [0.1, 0.15) is 6.26 Å². The van der Waals surface area contributed by atoms with Gasteiger partial charge in [-0.15, -0.1) is 11.6 Å². The standard InChI is InChI=1S/C11H14ClNO2/c12-8-11(4-1-2-5-11)13-10(14)9-3-6-15-7-9/h3,6-7H,1-2,4-5,8H2,(H,13,14). The van der Waals surface area contributed by atoms with E-state index in [1.165, 1.54) is 12.5 Å². The van der Waals surface area contributed by atoms with Crippen molar-refractivity contribution in [3.63, 3.8) is 0 Å². The molecule has 1 aliphatic rings. The lowest BCUT2D eigenvalue weighted by molar-refractivity contribution is 0.0908. The van der Waals surface area contributed by atoms with Gasteiger partial charge in [-0.2, -0.15) is 0 Å². The van der Waals surface area contributed by atoms with E-state index >= 15 is 0 Å². The lowest BCUT2D eigenvalue weighted by Crippen LogP contribution is -2.47. The molecule has 0 radical (unpaired) electrons. The van der Waals surface area contributed by atoms with Gasteiger partial charge in [0, 0.05) is 5.88 Å². The Kier molecular flexibility index (Phi) is 3.00. The molecule has 0 aromatic carbocycles. The highest BCUT2D eigenvalue weighted by atomic mass is 35.5. The van der Waals surface area contributed by atoms with Crippen molar-refractivity contribution >= 4 is 17.5 Å². The first-order valence-corrected chi connectivity index (χ1v) is 5.70. The third-order valence-corrected chi connectivity index (χ3v) is 3.49. The minimum atomic E-state index is -0.199. The molecule has 1 fully saturated rings. The maximum Gasteiger partial charge on any atom is 0.255 e. The Labute approximate surface area is 93.8 Å². The average Bonchev–Trinajstić information content (AvgIpc) is 2.88. The molecule has 0 bridgehead atoms. The Morgan fingerprint density at radius 3 is 2.80 bits per heavy atom. The van der Waals surface area contributed by atoms with Crippen molar-refractivity contribution in [2.75, 3.05) is 5.88 Å². The molecule has 0 atom stereocenters. The minimum absolute atomic E-state index is 0.0914. The quantitative estimate of drug-likeness (QED) is 0.807. The topological polar surface area (TPSA) is 42.2 Å². The number of hydrogen-bond acceptors (Lipinski definition) is 2. The molecule has 0 aliphatic heterocycles. The van der Waals surface area contributed by atoms with E-state index in [1.54, 1.807) is 6.07 Å². The van der Waals surface area contributed by atoms with E-state index in [9.17, 15) is 4.79 Å². The lowest BCUT2D eigenvalue weighted by atomic mass is 10.00. The number of carbonyl (C=O) groups is 1. The van der Waals surface area contributed by atoms with Crippen LogP contribution in [-0.2, 0) is 0 Å². The molecule has 0 unspecified atom stereocenters. The molecule has 2 rings (SSSR count). The summed E-state index contributed by atoms with van der Waals surface area (Å²) in [6.07, 6.45) is 7.17. The number of alkyl halides is 1. The van der Waals surface area contributed by atoms with Crippen LogP contribution in [0.3, 0.4) is 0 Å². The molecule has 1 heterocycles. The van der Waals surface area contributed by atoms with Crippen LogP contribution in [0.5, 0.6) is 0 Å². The van der Waals surface area contributed by atoms with Crippen molar-refractivity contribution in [2.45, 2.75) is 31.2 Å². The zero-order chi connectivity index (χ0) is 10.7. The molecule has 1 aromatic heterocycles. The lowest BCUT2D eigenvalue weighted by Gasteiger charge is -2.27. The number of hydrogen-bond donors (Lipinski definition) is 1. The first-order chi connectivity index (χ1) is 7.26. The Hall–Kier alpha value is -0.960. The second kappa shape index (κ2) is 4.27.